The predicted octanol–water partition coefficient (Wildman–Crippen LogP) is 1.85. The number of nitrogens with zero attached hydrogens (tertiary/aromatic N) is 7. The van der Waals surface area contributed by atoms with Crippen LogP contribution in [0.25, 0.3) is 27.6 Å². The first-order valence-corrected chi connectivity index (χ1v) is 15.0. The SMILES string of the molecule is Nc1nc2c(sc(=O)n2CCN2CCN(c3ccc(C(=O)CCCNCCO)cc3F)CC2)c2nc(-c3ccco3)nn12. The Hall–Kier alpha value is -4.18. The number of hydrogen-bond donors (Lipinski definition) is 3. The van der Waals surface area contributed by atoms with Gasteiger partial charge in [0.05, 0.1) is 18.6 Å². The molecule has 4 aromatic heterocycles. The van der Waals surface area contributed by atoms with Gasteiger partial charge >= 0.3 is 4.87 Å². The number of anilines is 2. The molecule has 43 heavy (non-hydrogen) atoms. The van der Waals surface area contributed by atoms with Crippen LogP contribution >= 0.6 is 11.3 Å². The molecule has 0 bridgehead atoms. The van der Waals surface area contributed by atoms with Crippen molar-refractivity contribution in [1.82, 2.24) is 34.4 Å². The van der Waals surface area contributed by atoms with E-state index in [1.54, 1.807) is 28.8 Å². The molecule has 0 unspecified atom stereocenters. The fraction of sp³-hybridized carbons (Fsp3) is 0.393. The Morgan fingerprint density at radius 3 is 2.70 bits per heavy atom. The molecule has 1 fully saturated rings. The van der Waals surface area contributed by atoms with Gasteiger partial charge in [0.2, 0.25) is 11.8 Å². The molecule has 4 N–H and O–H groups in total. The van der Waals surface area contributed by atoms with Crippen LogP contribution in [0.2, 0.25) is 0 Å². The van der Waals surface area contributed by atoms with E-state index >= 15 is 4.39 Å². The molecule has 5 heterocycles. The van der Waals surface area contributed by atoms with Crippen LogP contribution in [0, 0.1) is 5.82 Å². The van der Waals surface area contributed by atoms with Gasteiger partial charge < -0.3 is 25.5 Å². The number of nitrogens with one attached hydrogen (secondary N) is 1. The number of aliphatic hydroxyl groups excluding tert-OH is 1. The number of carbonyl (C=O) groups is 1. The molecule has 1 aromatic carbocycles. The highest BCUT2D eigenvalue weighted by Crippen LogP contribution is 2.26. The molecule has 0 aliphatic carbocycles. The number of furan rings is 1. The Kier molecular flexibility index (Phi) is 8.47. The van der Waals surface area contributed by atoms with Crippen molar-refractivity contribution in [2.75, 3.05) is 63.1 Å². The maximum absolute atomic E-state index is 15.0. The number of carbonyl (C=O) groups excluding carboxylic acids is 1. The Morgan fingerprint density at radius 1 is 1.12 bits per heavy atom. The van der Waals surface area contributed by atoms with Crippen molar-refractivity contribution in [2.24, 2.45) is 0 Å². The monoisotopic (exact) mass is 609 g/mol. The molecule has 6 rings (SSSR count). The second-order valence-electron chi connectivity index (χ2n) is 10.3. The third-order valence-corrected chi connectivity index (χ3v) is 8.49. The van der Waals surface area contributed by atoms with Crippen molar-refractivity contribution in [3.8, 4) is 11.6 Å². The van der Waals surface area contributed by atoms with Gasteiger partial charge in [-0.3, -0.25) is 19.1 Å². The number of halogens is 1. The Labute approximate surface area is 249 Å². The van der Waals surface area contributed by atoms with Crippen LogP contribution in [0.4, 0.5) is 16.0 Å². The predicted molar refractivity (Wildman–Crippen MR) is 161 cm³/mol. The minimum atomic E-state index is -0.410. The average molecular weight is 610 g/mol. The summed E-state index contributed by atoms with van der Waals surface area (Å²) in [7, 11) is 0. The molecular weight excluding hydrogens is 577 g/mol. The van der Waals surface area contributed by atoms with Crippen molar-refractivity contribution >= 4 is 44.8 Å². The smallest absolute Gasteiger partial charge is 0.309 e. The lowest BCUT2D eigenvalue weighted by molar-refractivity contribution is 0.0979. The lowest BCUT2D eigenvalue weighted by atomic mass is 10.1. The standard InChI is InChI=1S/C28H32FN9O4S/c29-19-17-18(21(40)3-1-7-31-8-15-39)5-6-20(19)36-12-9-35(10-13-36)11-14-37-25-23(43-28(37)41)26-32-24(22-4-2-16-42-22)34-38(26)27(30)33-25/h2,4-6,16-17,31,39H,1,3,7-15H2,(H2,30,33). The molecule has 0 atom stereocenters. The zero-order valence-electron chi connectivity index (χ0n) is 23.4. The second kappa shape index (κ2) is 12.6. The van der Waals surface area contributed by atoms with Crippen molar-refractivity contribution in [2.45, 2.75) is 19.4 Å². The summed E-state index contributed by atoms with van der Waals surface area (Å²) in [6, 6.07) is 8.17. The summed E-state index contributed by atoms with van der Waals surface area (Å²) in [5.41, 5.74) is 7.95. The number of thiazole rings is 1. The van der Waals surface area contributed by atoms with Crippen LogP contribution in [0.5, 0.6) is 0 Å². The number of Topliss-reactive ketones (excluding diaryl/α,β-unsaturated/α-hetero) is 1. The van der Waals surface area contributed by atoms with Gasteiger partial charge in [0, 0.05) is 57.8 Å². The first-order valence-electron chi connectivity index (χ1n) is 14.1. The maximum Gasteiger partial charge on any atom is 0.309 e. The summed E-state index contributed by atoms with van der Waals surface area (Å²) in [5, 5.41) is 16.2. The largest absolute Gasteiger partial charge is 0.461 e. The van der Waals surface area contributed by atoms with Gasteiger partial charge in [-0.1, -0.05) is 11.3 Å². The number of benzene rings is 1. The number of rotatable bonds is 12. The van der Waals surface area contributed by atoms with E-state index in [2.05, 4.69) is 25.3 Å². The molecular formula is C28H32FN9O4S. The van der Waals surface area contributed by atoms with E-state index in [1.807, 2.05) is 4.90 Å². The number of ketones is 1. The van der Waals surface area contributed by atoms with Gasteiger partial charge in [0.15, 0.2) is 22.8 Å². The molecule has 15 heteroatoms. The van der Waals surface area contributed by atoms with Crippen molar-refractivity contribution < 1.29 is 18.7 Å². The number of nitrogen functional groups attached to an aromatic ring is 1. The van der Waals surface area contributed by atoms with Gasteiger partial charge in [-0.2, -0.15) is 9.50 Å². The Balaban J connectivity index is 1.07. The van der Waals surface area contributed by atoms with E-state index in [4.69, 9.17) is 15.3 Å². The van der Waals surface area contributed by atoms with E-state index in [0.717, 1.165) is 11.3 Å². The lowest BCUT2D eigenvalue weighted by Gasteiger charge is -2.36. The molecule has 1 aliphatic rings. The summed E-state index contributed by atoms with van der Waals surface area (Å²) in [6.07, 6.45) is 2.47. The highest BCUT2D eigenvalue weighted by molar-refractivity contribution is 7.17. The van der Waals surface area contributed by atoms with Crippen molar-refractivity contribution in [3.05, 3.63) is 57.6 Å². The van der Waals surface area contributed by atoms with Crippen LogP contribution in [-0.2, 0) is 6.54 Å². The van der Waals surface area contributed by atoms with Crippen LogP contribution < -0.4 is 20.8 Å². The van der Waals surface area contributed by atoms with E-state index in [-0.39, 0.29) is 23.2 Å². The molecule has 5 aromatic rings. The first-order chi connectivity index (χ1) is 20.9. The van der Waals surface area contributed by atoms with Crippen molar-refractivity contribution in [3.63, 3.8) is 0 Å². The number of hydrogen-bond acceptors (Lipinski definition) is 12. The van der Waals surface area contributed by atoms with Crippen LogP contribution in [-0.4, -0.2) is 92.4 Å². The molecule has 0 saturated carbocycles. The molecule has 0 radical (unpaired) electrons. The number of aromatic nitrogens is 5. The Bertz CT molecular complexity index is 1790. The summed E-state index contributed by atoms with van der Waals surface area (Å²) < 4.78 is 24.0. The number of piperazine rings is 1. The van der Waals surface area contributed by atoms with Gasteiger partial charge in [-0.15, -0.1) is 5.10 Å². The highest BCUT2D eigenvalue weighted by atomic mass is 32.1. The average Bonchev–Trinajstić information content (AvgIpc) is 3.76. The van der Waals surface area contributed by atoms with Gasteiger partial charge in [-0.05, 0) is 43.3 Å². The second-order valence-corrected chi connectivity index (χ2v) is 11.2. The number of nitrogens with two attached hydrogens (primary N) is 1. The van der Waals surface area contributed by atoms with Gasteiger partial charge in [0.1, 0.15) is 10.5 Å². The summed E-state index contributed by atoms with van der Waals surface area (Å²) >= 11 is 1.05. The molecule has 1 saturated heterocycles. The molecule has 0 spiro atoms. The van der Waals surface area contributed by atoms with E-state index < -0.39 is 5.82 Å². The van der Waals surface area contributed by atoms with Gasteiger partial charge in [-0.25, -0.2) is 9.37 Å². The van der Waals surface area contributed by atoms with Gasteiger partial charge in [0.25, 0.3) is 0 Å². The third kappa shape index (κ3) is 6.01. The zero-order chi connectivity index (χ0) is 29.9. The normalized spacial score (nSPS) is 14.3. The van der Waals surface area contributed by atoms with Crippen molar-refractivity contribution in [1.29, 1.82) is 0 Å². The fourth-order valence-corrected chi connectivity index (χ4v) is 6.18. The molecule has 13 nitrogen and oxygen atoms in total. The third-order valence-electron chi connectivity index (χ3n) is 7.53. The quantitative estimate of drug-likeness (QED) is 0.140. The summed E-state index contributed by atoms with van der Waals surface area (Å²) in [5.74, 6) is 0.462. The molecule has 0 amide bonds. The lowest BCUT2D eigenvalue weighted by Crippen LogP contribution is -2.47. The minimum Gasteiger partial charge on any atom is -0.461 e. The number of fused-ring (bicyclic) bond motifs is 3. The first kappa shape index (κ1) is 28.9. The van der Waals surface area contributed by atoms with E-state index in [1.165, 1.54) is 16.8 Å². The molecule has 1 aliphatic heterocycles. The highest BCUT2D eigenvalue weighted by Gasteiger charge is 2.23. The zero-order valence-corrected chi connectivity index (χ0v) is 24.2. The van der Waals surface area contributed by atoms with Crippen LogP contribution in [0.15, 0.2) is 45.8 Å². The van der Waals surface area contributed by atoms with E-state index in [0.29, 0.717) is 104 Å². The Morgan fingerprint density at radius 2 is 1.95 bits per heavy atom. The summed E-state index contributed by atoms with van der Waals surface area (Å²) in [4.78, 5) is 38.5. The molecule has 226 valence electrons. The maximum atomic E-state index is 15.0. The van der Waals surface area contributed by atoms with Crippen LogP contribution in [0.3, 0.4) is 0 Å². The summed E-state index contributed by atoms with van der Waals surface area (Å²) in [6.45, 7) is 4.79. The number of aliphatic hydroxyl groups is 1. The van der Waals surface area contributed by atoms with Crippen LogP contribution in [0.1, 0.15) is 23.2 Å². The minimum absolute atomic E-state index is 0.0520. The van der Waals surface area contributed by atoms with E-state index in [9.17, 15) is 9.59 Å². The topological polar surface area (TPSA) is 160 Å². The fourth-order valence-electron chi connectivity index (χ4n) is 5.25.